The molecule has 2 nitrogen and oxygen atoms in total. The maximum Gasteiger partial charge on any atom is 0.122 e. The Morgan fingerprint density at radius 2 is 2.19 bits per heavy atom. The summed E-state index contributed by atoms with van der Waals surface area (Å²) in [6, 6.07) is 8.63. The van der Waals surface area contributed by atoms with Crippen molar-refractivity contribution < 1.29 is 9.53 Å². The fourth-order valence-corrected chi connectivity index (χ4v) is 2.37. The quantitative estimate of drug-likeness (QED) is 0.567. The molecule has 0 saturated heterocycles. The Kier molecular flexibility index (Phi) is 4.08. The van der Waals surface area contributed by atoms with Crippen molar-refractivity contribution in [3.05, 3.63) is 35.2 Å². The highest BCUT2D eigenvalue weighted by Gasteiger charge is 1.97. The second kappa shape index (κ2) is 5.77. The normalized spacial score (nSPS) is 10.8. The highest BCUT2D eigenvalue weighted by atomic mass is 32.1. The third-order valence-corrected chi connectivity index (χ3v) is 3.33. The van der Waals surface area contributed by atoms with E-state index in [1.807, 2.05) is 0 Å². The van der Waals surface area contributed by atoms with Crippen LogP contribution in [0.2, 0.25) is 0 Å². The fraction of sp³-hybridized carbons (Fsp3) is 0.308. The van der Waals surface area contributed by atoms with Gasteiger partial charge in [-0.25, -0.2) is 0 Å². The van der Waals surface area contributed by atoms with Crippen LogP contribution in [0.15, 0.2) is 29.6 Å². The predicted octanol–water partition coefficient (Wildman–Crippen LogP) is 3.05. The Morgan fingerprint density at radius 3 is 3.06 bits per heavy atom. The molecule has 0 N–H and O–H groups in total. The Morgan fingerprint density at radius 1 is 1.25 bits per heavy atom. The highest BCUT2D eigenvalue weighted by molar-refractivity contribution is 7.17. The van der Waals surface area contributed by atoms with E-state index in [1.54, 1.807) is 11.3 Å². The van der Waals surface area contributed by atoms with E-state index in [4.69, 9.17) is 4.74 Å². The molecule has 0 unspecified atom stereocenters. The molecule has 1 aromatic heterocycles. The number of hydrogen-bond donors (Lipinski definition) is 0. The molecule has 0 aliphatic carbocycles. The van der Waals surface area contributed by atoms with Crippen molar-refractivity contribution in [3.63, 3.8) is 0 Å². The molecular weight excluding hydrogens is 220 g/mol. The molecule has 0 spiro atoms. The molecule has 0 fully saturated rings. The molecule has 0 amide bonds. The van der Waals surface area contributed by atoms with E-state index in [2.05, 4.69) is 29.6 Å². The van der Waals surface area contributed by atoms with E-state index in [-0.39, 0.29) is 0 Å². The van der Waals surface area contributed by atoms with Crippen LogP contribution in [-0.4, -0.2) is 19.5 Å². The van der Waals surface area contributed by atoms with Crippen LogP contribution >= 0.6 is 11.3 Å². The van der Waals surface area contributed by atoms with Crippen LogP contribution in [0.5, 0.6) is 0 Å². The number of aldehydes is 1. The maximum atomic E-state index is 10.1. The Bertz CT molecular complexity index is 462. The van der Waals surface area contributed by atoms with E-state index >= 15 is 0 Å². The van der Waals surface area contributed by atoms with Gasteiger partial charge in [-0.2, -0.15) is 0 Å². The number of fused-ring (bicyclic) bond motifs is 1. The fourth-order valence-electron chi connectivity index (χ4n) is 1.60. The van der Waals surface area contributed by atoms with Crippen LogP contribution in [0.25, 0.3) is 10.1 Å². The van der Waals surface area contributed by atoms with Crippen LogP contribution in [0.3, 0.4) is 0 Å². The number of carbonyl (C=O) groups excluding carboxylic acids is 1. The van der Waals surface area contributed by atoms with Gasteiger partial charge in [0.15, 0.2) is 0 Å². The van der Waals surface area contributed by atoms with E-state index in [0.29, 0.717) is 19.6 Å². The molecule has 3 heteroatoms. The van der Waals surface area contributed by atoms with Gasteiger partial charge >= 0.3 is 0 Å². The first-order chi connectivity index (χ1) is 7.90. The van der Waals surface area contributed by atoms with Crippen molar-refractivity contribution >= 4 is 27.7 Å². The molecule has 0 saturated carbocycles. The number of hydrogen-bond acceptors (Lipinski definition) is 3. The number of carbonyl (C=O) groups is 1. The van der Waals surface area contributed by atoms with Crippen molar-refractivity contribution in [1.82, 2.24) is 0 Å². The summed E-state index contributed by atoms with van der Waals surface area (Å²) >= 11 is 1.76. The summed E-state index contributed by atoms with van der Waals surface area (Å²) in [7, 11) is 0. The Balaban J connectivity index is 1.86. The first-order valence-corrected chi connectivity index (χ1v) is 6.25. The van der Waals surface area contributed by atoms with Gasteiger partial charge in [0.2, 0.25) is 0 Å². The zero-order valence-electron chi connectivity index (χ0n) is 9.02. The van der Waals surface area contributed by atoms with Gasteiger partial charge in [0.05, 0.1) is 13.2 Å². The predicted molar refractivity (Wildman–Crippen MR) is 67.0 cm³/mol. The first kappa shape index (κ1) is 11.3. The van der Waals surface area contributed by atoms with Gasteiger partial charge < -0.3 is 9.53 Å². The summed E-state index contributed by atoms with van der Waals surface area (Å²) in [6.45, 7) is 1.22. The van der Waals surface area contributed by atoms with Gasteiger partial charge in [-0.05, 0) is 34.9 Å². The van der Waals surface area contributed by atoms with Crippen LogP contribution < -0.4 is 0 Å². The molecule has 84 valence electrons. The van der Waals surface area contributed by atoms with Crippen LogP contribution in [0.1, 0.15) is 12.0 Å². The van der Waals surface area contributed by atoms with E-state index in [9.17, 15) is 4.79 Å². The SMILES string of the molecule is O=CCCOCCc1ccc2sccc2c1. The summed E-state index contributed by atoms with van der Waals surface area (Å²) in [5, 5.41) is 3.41. The topological polar surface area (TPSA) is 26.3 Å². The molecule has 0 atom stereocenters. The zero-order valence-corrected chi connectivity index (χ0v) is 9.83. The molecule has 0 aliphatic heterocycles. The van der Waals surface area contributed by atoms with Crippen molar-refractivity contribution in [3.8, 4) is 0 Å². The third-order valence-electron chi connectivity index (χ3n) is 2.43. The van der Waals surface area contributed by atoms with Gasteiger partial charge in [-0.15, -0.1) is 11.3 Å². The van der Waals surface area contributed by atoms with Gasteiger partial charge in [0.25, 0.3) is 0 Å². The molecule has 1 aromatic carbocycles. The van der Waals surface area contributed by atoms with Gasteiger partial charge in [-0.1, -0.05) is 12.1 Å². The molecule has 0 aliphatic rings. The minimum atomic E-state index is 0.490. The van der Waals surface area contributed by atoms with E-state index in [0.717, 1.165) is 12.7 Å². The maximum absolute atomic E-state index is 10.1. The smallest absolute Gasteiger partial charge is 0.122 e. The minimum Gasteiger partial charge on any atom is -0.381 e. The number of ether oxygens (including phenoxy) is 1. The monoisotopic (exact) mass is 234 g/mol. The highest BCUT2D eigenvalue weighted by Crippen LogP contribution is 2.21. The van der Waals surface area contributed by atoms with Crippen molar-refractivity contribution in [2.45, 2.75) is 12.8 Å². The minimum absolute atomic E-state index is 0.490. The second-order valence-corrected chi connectivity index (χ2v) is 4.56. The summed E-state index contributed by atoms with van der Waals surface area (Å²) in [6.07, 6.45) is 2.28. The van der Waals surface area contributed by atoms with Crippen molar-refractivity contribution in [2.24, 2.45) is 0 Å². The molecule has 1 heterocycles. The molecule has 2 aromatic rings. The van der Waals surface area contributed by atoms with Crippen molar-refractivity contribution in [1.29, 1.82) is 0 Å². The summed E-state index contributed by atoms with van der Waals surface area (Å²) in [5.41, 5.74) is 1.29. The van der Waals surface area contributed by atoms with Crippen LogP contribution in [0, 0.1) is 0 Å². The molecule has 16 heavy (non-hydrogen) atoms. The third kappa shape index (κ3) is 2.90. The average molecular weight is 234 g/mol. The van der Waals surface area contributed by atoms with Crippen molar-refractivity contribution in [2.75, 3.05) is 13.2 Å². The number of rotatable bonds is 6. The van der Waals surface area contributed by atoms with Crippen LogP contribution in [-0.2, 0) is 16.0 Å². The Labute approximate surface area is 98.9 Å². The molecule has 0 radical (unpaired) electrons. The standard InChI is InChI=1S/C13H14O2S/c14-6-1-7-15-8-4-11-2-3-13-12(10-11)5-9-16-13/h2-3,5-6,9-10H,1,4,7-8H2. The summed E-state index contributed by atoms with van der Waals surface area (Å²) < 4.78 is 6.67. The number of benzene rings is 1. The molecule has 2 rings (SSSR count). The van der Waals surface area contributed by atoms with Gasteiger partial charge in [0.1, 0.15) is 6.29 Å². The lowest BCUT2D eigenvalue weighted by Gasteiger charge is -2.02. The number of thiophene rings is 1. The largest absolute Gasteiger partial charge is 0.381 e. The lowest BCUT2D eigenvalue weighted by molar-refractivity contribution is -0.108. The first-order valence-electron chi connectivity index (χ1n) is 5.37. The lowest BCUT2D eigenvalue weighted by Crippen LogP contribution is -2.00. The van der Waals surface area contributed by atoms with E-state index in [1.165, 1.54) is 15.6 Å². The lowest BCUT2D eigenvalue weighted by atomic mass is 10.1. The molecule has 0 bridgehead atoms. The summed E-state index contributed by atoms with van der Waals surface area (Å²) in [5.74, 6) is 0. The summed E-state index contributed by atoms with van der Waals surface area (Å²) in [4.78, 5) is 10.1. The van der Waals surface area contributed by atoms with Gasteiger partial charge in [-0.3, -0.25) is 0 Å². The van der Waals surface area contributed by atoms with E-state index < -0.39 is 0 Å². The average Bonchev–Trinajstić information content (AvgIpc) is 2.76. The zero-order chi connectivity index (χ0) is 11.2. The van der Waals surface area contributed by atoms with Gasteiger partial charge in [0, 0.05) is 11.1 Å². The second-order valence-electron chi connectivity index (χ2n) is 3.61. The molecular formula is C13H14O2S. The van der Waals surface area contributed by atoms with Crippen LogP contribution in [0.4, 0.5) is 0 Å². The Hall–Kier alpha value is -1.19.